The van der Waals surface area contributed by atoms with Crippen LogP contribution in [-0.4, -0.2) is 18.8 Å². The maximum atomic E-state index is 9.66. The van der Waals surface area contributed by atoms with Gasteiger partial charge in [0.1, 0.15) is 0 Å². The van der Waals surface area contributed by atoms with Gasteiger partial charge in [-0.25, -0.2) is 0 Å². The van der Waals surface area contributed by atoms with E-state index < -0.39 is 0 Å². The lowest BCUT2D eigenvalue weighted by Crippen LogP contribution is -2.16. The van der Waals surface area contributed by atoms with Gasteiger partial charge in [-0.3, -0.25) is 0 Å². The third-order valence-corrected chi connectivity index (χ3v) is 3.50. The molecule has 0 bridgehead atoms. The molecule has 1 aromatic carbocycles. The zero-order valence-corrected chi connectivity index (χ0v) is 10.4. The Hall–Kier alpha value is -1.38. The Labute approximate surface area is 103 Å². The molecule has 0 amide bonds. The first-order valence-electron chi connectivity index (χ1n) is 6.40. The number of phenols is 1. The fourth-order valence-corrected chi connectivity index (χ4v) is 2.45. The fraction of sp³-hybridized carbons (Fsp3) is 0.571. The van der Waals surface area contributed by atoms with Crippen molar-refractivity contribution in [2.75, 3.05) is 19.0 Å². The van der Waals surface area contributed by atoms with E-state index in [-0.39, 0.29) is 5.75 Å². The van der Waals surface area contributed by atoms with Gasteiger partial charge in [0.15, 0.2) is 11.5 Å². The molecule has 94 valence electrons. The zero-order valence-electron chi connectivity index (χ0n) is 10.4. The van der Waals surface area contributed by atoms with Crippen molar-refractivity contribution in [3.8, 4) is 11.5 Å². The maximum Gasteiger partial charge on any atom is 0.160 e. The number of phenolic OH excluding ortho intramolecular Hbond substituents is 1. The standard InChI is InChI=1S/C14H21NO2/c1-17-14-8-7-12(9-13(14)16)15-10-11-5-3-2-4-6-11/h7-9,11,15-16H,2-6,10H2,1H3. The smallest absolute Gasteiger partial charge is 0.160 e. The molecule has 0 aliphatic heterocycles. The minimum absolute atomic E-state index is 0.196. The van der Waals surface area contributed by atoms with Crippen LogP contribution in [0.1, 0.15) is 32.1 Å². The van der Waals surface area contributed by atoms with Gasteiger partial charge in [0, 0.05) is 18.3 Å². The van der Waals surface area contributed by atoms with Crippen molar-refractivity contribution in [3.63, 3.8) is 0 Å². The molecule has 3 nitrogen and oxygen atoms in total. The summed E-state index contributed by atoms with van der Waals surface area (Å²) in [5.41, 5.74) is 0.967. The lowest BCUT2D eigenvalue weighted by atomic mass is 9.89. The second-order valence-corrected chi connectivity index (χ2v) is 4.77. The molecule has 0 atom stereocenters. The van der Waals surface area contributed by atoms with E-state index in [1.54, 1.807) is 19.2 Å². The van der Waals surface area contributed by atoms with Crippen molar-refractivity contribution >= 4 is 5.69 Å². The number of nitrogens with one attached hydrogen (secondary N) is 1. The van der Waals surface area contributed by atoms with Gasteiger partial charge in [0.2, 0.25) is 0 Å². The van der Waals surface area contributed by atoms with Crippen LogP contribution in [0.4, 0.5) is 5.69 Å². The van der Waals surface area contributed by atoms with Gasteiger partial charge in [-0.1, -0.05) is 19.3 Å². The van der Waals surface area contributed by atoms with Gasteiger partial charge in [-0.15, -0.1) is 0 Å². The van der Waals surface area contributed by atoms with Gasteiger partial charge in [0.25, 0.3) is 0 Å². The molecular formula is C14H21NO2. The first-order valence-corrected chi connectivity index (χ1v) is 6.40. The number of methoxy groups -OCH3 is 1. The van der Waals surface area contributed by atoms with Crippen molar-refractivity contribution < 1.29 is 9.84 Å². The van der Waals surface area contributed by atoms with Gasteiger partial charge >= 0.3 is 0 Å². The first-order chi connectivity index (χ1) is 8.29. The summed E-state index contributed by atoms with van der Waals surface area (Å²) in [4.78, 5) is 0. The highest BCUT2D eigenvalue weighted by Gasteiger charge is 2.13. The molecule has 1 aliphatic carbocycles. The van der Waals surface area contributed by atoms with E-state index in [2.05, 4.69) is 5.32 Å². The van der Waals surface area contributed by atoms with Gasteiger partial charge in [-0.05, 0) is 30.9 Å². The summed E-state index contributed by atoms with van der Waals surface area (Å²) in [5, 5.41) is 13.1. The van der Waals surface area contributed by atoms with Crippen LogP contribution in [0.5, 0.6) is 11.5 Å². The Kier molecular flexibility index (Phi) is 4.13. The predicted molar refractivity (Wildman–Crippen MR) is 69.7 cm³/mol. The van der Waals surface area contributed by atoms with Crippen LogP contribution >= 0.6 is 0 Å². The van der Waals surface area contributed by atoms with E-state index in [1.807, 2.05) is 6.07 Å². The molecule has 3 heteroatoms. The largest absolute Gasteiger partial charge is 0.504 e. The SMILES string of the molecule is COc1ccc(NCC2CCCCC2)cc1O. The molecule has 0 heterocycles. The summed E-state index contributed by atoms with van der Waals surface area (Å²) >= 11 is 0. The number of ether oxygens (including phenoxy) is 1. The molecular weight excluding hydrogens is 214 g/mol. The zero-order chi connectivity index (χ0) is 12.1. The average molecular weight is 235 g/mol. The number of anilines is 1. The summed E-state index contributed by atoms with van der Waals surface area (Å²) in [6.45, 7) is 1.01. The van der Waals surface area contributed by atoms with Gasteiger partial charge in [-0.2, -0.15) is 0 Å². The quantitative estimate of drug-likeness (QED) is 0.840. The Morgan fingerprint density at radius 1 is 1.29 bits per heavy atom. The summed E-state index contributed by atoms with van der Waals surface area (Å²) in [5.74, 6) is 1.50. The van der Waals surface area contributed by atoms with E-state index in [1.165, 1.54) is 32.1 Å². The Morgan fingerprint density at radius 2 is 2.06 bits per heavy atom. The van der Waals surface area contributed by atoms with Crippen LogP contribution in [0, 0.1) is 5.92 Å². The number of hydrogen-bond donors (Lipinski definition) is 2. The third kappa shape index (κ3) is 3.29. The number of aromatic hydroxyl groups is 1. The normalized spacial score (nSPS) is 16.8. The van der Waals surface area contributed by atoms with Crippen molar-refractivity contribution in [3.05, 3.63) is 18.2 Å². The highest BCUT2D eigenvalue weighted by molar-refractivity contribution is 5.54. The fourth-order valence-electron chi connectivity index (χ4n) is 2.45. The van der Waals surface area contributed by atoms with E-state index >= 15 is 0 Å². The minimum Gasteiger partial charge on any atom is -0.504 e. The second kappa shape index (κ2) is 5.80. The van der Waals surface area contributed by atoms with Crippen molar-refractivity contribution in [2.45, 2.75) is 32.1 Å². The highest BCUT2D eigenvalue weighted by atomic mass is 16.5. The number of benzene rings is 1. The molecule has 0 aromatic heterocycles. The predicted octanol–water partition coefficient (Wildman–Crippen LogP) is 3.39. The molecule has 17 heavy (non-hydrogen) atoms. The van der Waals surface area contributed by atoms with Crippen LogP contribution in [0.15, 0.2) is 18.2 Å². The molecule has 2 N–H and O–H groups in total. The second-order valence-electron chi connectivity index (χ2n) is 4.77. The van der Waals surface area contributed by atoms with E-state index in [0.717, 1.165) is 18.2 Å². The monoisotopic (exact) mass is 235 g/mol. The van der Waals surface area contributed by atoms with Crippen molar-refractivity contribution in [1.29, 1.82) is 0 Å². The van der Waals surface area contributed by atoms with Crippen LogP contribution < -0.4 is 10.1 Å². The van der Waals surface area contributed by atoms with Crippen LogP contribution in [0.25, 0.3) is 0 Å². The number of hydrogen-bond acceptors (Lipinski definition) is 3. The Balaban J connectivity index is 1.87. The van der Waals surface area contributed by atoms with Crippen molar-refractivity contribution in [1.82, 2.24) is 0 Å². The third-order valence-electron chi connectivity index (χ3n) is 3.50. The van der Waals surface area contributed by atoms with E-state index in [4.69, 9.17) is 4.74 Å². The van der Waals surface area contributed by atoms with Crippen LogP contribution in [0.3, 0.4) is 0 Å². The van der Waals surface area contributed by atoms with E-state index in [9.17, 15) is 5.11 Å². The summed E-state index contributed by atoms with van der Waals surface area (Å²) in [6, 6.07) is 5.46. The molecule has 2 rings (SSSR count). The highest BCUT2D eigenvalue weighted by Crippen LogP contribution is 2.29. The molecule has 1 aromatic rings. The minimum atomic E-state index is 0.196. The maximum absolute atomic E-state index is 9.66. The average Bonchev–Trinajstić information content (AvgIpc) is 2.38. The van der Waals surface area contributed by atoms with Crippen LogP contribution in [-0.2, 0) is 0 Å². The molecule has 1 aliphatic rings. The molecule has 1 fully saturated rings. The molecule has 0 radical (unpaired) electrons. The van der Waals surface area contributed by atoms with Crippen molar-refractivity contribution in [2.24, 2.45) is 5.92 Å². The molecule has 0 unspecified atom stereocenters. The lowest BCUT2D eigenvalue weighted by Gasteiger charge is -2.22. The summed E-state index contributed by atoms with van der Waals surface area (Å²) in [7, 11) is 1.56. The van der Waals surface area contributed by atoms with E-state index in [0.29, 0.717) is 5.75 Å². The molecule has 0 saturated heterocycles. The lowest BCUT2D eigenvalue weighted by molar-refractivity contribution is 0.371. The summed E-state index contributed by atoms with van der Waals surface area (Å²) < 4.78 is 5.02. The first kappa shape index (κ1) is 12.1. The van der Waals surface area contributed by atoms with Crippen LogP contribution in [0.2, 0.25) is 0 Å². The van der Waals surface area contributed by atoms with Gasteiger partial charge in [0.05, 0.1) is 7.11 Å². The molecule has 1 saturated carbocycles. The Morgan fingerprint density at radius 3 is 2.71 bits per heavy atom. The molecule has 0 spiro atoms. The summed E-state index contributed by atoms with van der Waals surface area (Å²) in [6.07, 6.45) is 6.77. The van der Waals surface area contributed by atoms with Gasteiger partial charge < -0.3 is 15.2 Å². The number of rotatable bonds is 4. The topological polar surface area (TPSA) is 41.5 Å². The Bertz CT molecular complexity index is 359.